The van der Waals surface area contributed by atoms with Gasteiger partial charge in [-0.1, -0.05) is 30.3 Å². The summed E-state index contributed by atoms with van der Waals surface area (Å²) in [7, 11) is 0. The van der Waals surface area contributed by atoms with Crippen molar-refractivity contribution in [1.82, 2.24) is 14.9 Å². The summed E-state index contributed by atoms with van der Waals surface area (Å²) >= 11 is 0. The minimum absolute atomic E-state index is 0.729. The summed E-state index contributed by atoms with van der Waals surface area (Å²) in [6.07, 6.45) is 2.51. The van der Waals surface area contributed by atoms with Gasteiger partial charge in [-0.2, -0.15) is 0 Å². The summed E-state index contributed by atoms with van der Waals surface area (Å²) in [4.78, 5) is 10.5. The maximum atomic E-state index is 4.58. The fraction of sp³-hybridized carbons (Fsp3) is 0.471. The zero-order valence-corrected chi connectivity index (χ0v) is 12.4. The number of H-pyrrole nitrogens is 1. The molecule has 0 bridgehead atoms. The van der Waals surface area contributed by atoms with Gasteiger partial charge in [0.15, 0.2) is 0 Å². The lowest BCUT2D eigenvalue weighted by Crippen LogP contribution is -2.32. The maximum absolute atomic E-state index is 4.58. The van der Waals surface area contributed by atoms with Crippen LogP contribution in [-0.4, -0.2) is 28.0 Å². The first-order chi connectivity index (χ1) is 9.72. The average Bonchev–Trinajstić information content (AvgIpc) is 2.79. The predicted octanol–water partition coefficient (Wildman–Crippen LogP) is 3.41. The Morgan fingerprint density at radius 2 is 1.85 bits per heavy atom. The fourth-order valence-corrected chi connectivity index (χ4v) is 3.06. The van der Waals surface area contributed by atoms with E-state index in [9.17, 15) is 0 Å². The van der Waals surface area contributed by atoms with E-state index < -0.39 is 0 Å². The van der Waals surface area contributed by atoms with Crippen LogP contribution in [0.25, 0.3) is 0 Å². The molecule has 0 atom stereocenters. The monoisotopic (exact) mass is 269 g/mol. The van der Waals surface area contributed by atoms with E-state index in [1.54, 1.807) is 0 Å². The Kier molecular flexibility index (Phi) is 3.88. The number of hydrogen-bond donors (Lipinski definition) is 1. The SMILES string of the molecule is Cc1nc(CN2CCC(c3ccccc3)CC2)[nH]c1C. The standard InChI is InChI=1S/C17H23N3/c1-13-14(2)19-17(18-13)12-20-10-8-16(9-11-20)15-6-4-3-5-7-15/h3-7,16H,8-12H2,1-2H3,(H,18,19). The van der Waals surface area contributed by atoms with Gasteiger partial charge in [0.1, 0.15) is 5.82 Å². The lowest BCUT2D eigenvalue weighted by Gasteiger charge is -2.31. The highest BCUT2D eigenvalue weighted by Gasteiger charge is 2.21. The Morgan fingerprint density at radius 3 is 2.45 bits per heavy atom. The molecule has 1 N–H and O–H groups in total. The molecule has 1 aromatic carbocycles. The number of imidazole rings is 1. The summed E-state index contributed by atoms with van der Waals surface area (Å²) in [5.41, 5.74) is 3.81. The van der Waals surface area contributed by atoms with Crippen LogP contribution >= 0.6 is 0 Å². The molecule has 1 fully saturated rings. The Labute approximate surface area is 121 Å². The van der Waals surface area contributed by atoms with Crippen molar-refractivity contribution < 1.29 is 0 Å². The largest absolute Gasteiger partial charge is 0.345 e. The number of aromatic nitrogens is 2. The van der Waals surface area contributed by atoms with Crippen molar-refractivity contribution in [2.45, 2.75) is 39.2 Å². The Hall–Kier alpha value is -1.61. The van der Waals surface area contributed by atoms with Crippen molar-refractivity contribution in [1.29, 1.82) is 0 Å². The van der Waals surface area contributed by atoms with Gasteiger partial charge in [-0.15, -0.1) is 0 Å². The Balaban J connectivity index is 1.56. The number of rotatable bonds is 3. The Bertz CT molecular complexity index is 531. The van der Waals surface area contributed by atoms with E-state index >= 15 is 0 Å². The van der Waals surface area contributed by atoms with E-state index in [0.29, 0.717) is 0 Å². The molecule has 0 unspecified atom stereocenters. The molecule has 0 radical (unpaired) electrons. The van der Waals surface area contributed by atoms with Crippen molar-refractivity contribution in [3.8, 4) is 0 Å². The third-order valence-corrected chi connectivity index (χ3v) is 4.41. The number of likely N-dealkylation sites (tertiary alicyclic amines) is 1. The number of aromatic amines is 1. The van der Waals surface area contributed by atoms with Crippen LogP contribution in [-0.2, 0) is 6.54 Å². The predicted molar refractivity (Wildman–Crippen MR) is 81.8 cm³/mol. The average molecular weight is 269 g/mol. The van der Waals surface area contributed by atoms with Crippen molar-refractivity contribution in [2.75, 3.05) is 13.1 Å². The van der Waals surface area contributed by atoms with E-state index in [1.165, 1.54) is 37.2 Å². The first kappa shape index (κ1) is 13.4. The molecule has 106 valence electrons. The summed E-state index contributed by atoms with van der Waals surface area (Å²) in [5.74, 6) is 1.84. The zero-order valence-electron chi connectivity index (χ0n) is 12.4. The number of piperidine rings is 1. The summed E-state index contributed by atoms with van der Waals surface area (Å²) < 4.78 is 0. The van der Waals surface area contributed by atoms with Crippen molar-refractivity contribution in [3.63, 3.8) is 0 Å². The van der Waals surface area contributed by atoms with Gasteiger partial charge >= 0.3 is 0 Å². The minimum Gasteiger partial charge on any atom is -0.345 e. The van der Waals surface area contributed by atoms with Crippen LogP contribution in [0, 0.1) is 13.8 Å². The molecule has 2 heterocycles. The number of nitrogens with zero attached hydrogens (tertiary/aromatic N) is 2. The summed E-state index contributed by atoms with van der Waals surface area (Å²) in [5, 5.41) is 0. The van der Waals surface area contributed by atoms with Crippen LogP contribution < -0.4 is 0 Å². The second kappa shape index (κ2) is 5.80. The molecule has 20 heavy (non-hydrogen) atoms. The molecule has 0 spiro atoms. The van der Waals surface area contributed by atoms with Gasteiger partial charge in [-0.05, 0) is 51.3 Å². The van der Waals surface area contributed by atoms with Gasteiger partial charge in [0.05, 0.1) is 12.2 Å². The van der Waals surface area contributed by atoms with Gasteiger partial charge in [0.25, 0.3) is 0 Å². The van der Waals surface area contributed by atoms with Crippen molar-refractivity contribution in [3.05, 3.63) is 53.1 Å². The summed E-state index contributed by atoms with van der Waals surface area (Å²) in [6.45, 7) is 7.44. The third kappa shape index (κ3) is 2.93. The second-order valence-corrected chi connectivity index (χ2v) is 5.86. The van der Waals surface area contributed by atoms with E-state index in [0.717, 1.165) is 24.0 Å². The smallest absolute Gasteiger partial charge is 0.120 e. The van der Waals surface area contributed by atoms with Crippen LogP contribution in [0.3, 0.4) is 0 Å². The molecule has 3 nitrogen and oxygen atoms in total. The molecule has 1 aliphatic heterocycles. The third-order valence-electron chi connectivity index (χ3n) is 4.41. The lowest BCUT2D eigenvalue weighted by atomic mass is 9.89. The van der Waals surface area contributed by atoms with Gasteiger partial charge in [0, 0.05) is 5.69 Å². The second-order valence-electron chi connectivity index (χ2n) is 5.86. The normalized spacial score (nSPS) is 17.5. The minimum atomic E-state index is 0.729. The van der Waals surface area contributed by atoms with E-state index in [-0.39, 0.29) is 0 Å². The molecule has 1 aliphatic rings. The highest BCUT2D eigenvalue weighted by molar-refractivity contribution is 5.20. The van der Waals surface area contributed by atoms with Crippen LogP contribution in [0.5, 0.6) is 0 Å². The molecule has 1 saturated heterocycles. The van der Waals surface area contributed by atoms with Gasteiger partial charge in [0.2, 0.25) is 0 Å². The molecule has 3 heteroatoms. The maximum Gasteiger partial charge on any atom is 0.120 e. The topological polar surface area (TPSA) is 31.9 Å². The number of hydrogen-bond acceptors (Lipinski definition) is 2. The lowest BCUT2D eigenvalue weighted by molar-refractivity contribution is 0.200. The summed E-state index contributed by atoms with van der Waals surface area (Å²) in [6, 6.07) is 10.9. The first-order valence-electron chi connectivity index (χ1n) is 7.52. The number of benzene rings is 1. The van der Waals surface area contributed by atoms with Crippen LogP contribution in [0.1, 0.15) is 41.5 Å². The van der Waals surface area contributed by atoms with E-state index in [4.69, 9.17) is 0 Å². The van der Waals surface area contributed by atoms with Crippen molar-refractivity contribution >= 4 is 0 Å². The zero-order chi connectivity index (χ0) is 13.9. The van der Waals surface area contributed by atoms with E-state index in [2.05, 4.69) is 59.0 Å². The molecule has 0 amide bonds. The number of nitrogens with one attached hydrogen (secondary N) is 1. The molecular formula is C17H23N3. The highest BCUT2D eigenvalue weighted by Crippen LogP contribution is 2.28. The molecule has 2 aromatic rings. The van der Waals surface area contributed by atoms with Gasteiger partial charge in [-0.25, -0.2) is 4.98 Å². The molecule has 3 rings (SSSR count). The number of aryl methyl sites for hydroxylation is 2. The quantitative estimate of drug-likeness (QED) is 0.926. The van der Waals surface area contributed by atoms with Crippen LogP contribution in [0.2, 0.25) is 0 Å². The van der Waals surface area contributed by atoms with Gasteiger partial charge in [-0.3, -0.25) is 4.90 Å². The van der Waals surface area contributed by atoms with E-state index in [1.807, 2.05) is 0 Å². The van der Waals surface area contributed by atoms with Crippen LogP contribution in [0.15, 0.2) is 30.3 Å². The Morgan fingerprint density at radius 1 is 1.15 bits per heavy atom. The molecule has 0 aliphatic carbocycles. The molecule has 1 aromatic heterocycles. The fourth-order valence-electron chi connectivity index (χ4n) is 3.06. The van der Waals surface area contributed by atoms with Gasteiger partial charge < -0.3 is 4.98 Å². The van der Waals surface area contributed by atoms with Crippen LogP contribution in [0.4, 0.5) is 0 Å². The van der Waals surface area contributed by atoms with Crippen molar-refractivity contribution in [2.24, 2.45) is 0 Å². The first-order valence-corrected chi connectivity index (χ1v) is 7.52. The molecule has 0 saturated carbocycles. The highest BCUT2D eigenvalue weighted by atomic mass is 15.2. The molecular weight excluding hydrogens is 246 g/mol.